The van der Waals surface area contributed by atoms with E-state index in [0.29, 0.717) is 33.2 Å². The van der Waals surface area contributed by atoms with E-state index < -0.39 is 16.1 Å². The Kier molecular flexibility index (Phi) is 11.4. The van der Waals surface area contributed by atoms with Crippen LogP contribution in [0.1, 0.15) is 105 Å². The van der Waals surface area contributed by atoms with Crippen LogP contribution in [0.25, 0.3) is 0 Å². The third-order valence-corrected chi connectivity index (χ3v) is 20.8. The van der Waals surface area contributed by atoms with Gasteiger partial charge in [-0.15, -0.1) is 11.1 Å². The van der Waals surface area contributed by atoms with Crippen molar-refractivity contribution in [3.8, 4) is 22.9 Å². The van der Waals surface area contributed by atoms with Crippen LogP contribution in [0, 0.1) is 22.9 Å². The van der Waals surface area contributed by atoms with Gasteiger partial charge >= 0.3 is 0 Å². The van der Waals surface area contributed by atoms with Gasteiger partial charge in [-0.1, -0.05) is 94.9 Å². The summed E-state index contributed by atoms with van der Waals surface area (Å²) >= 11 is 0. The van der Waals surface area contributed by atoms with E-state index in [-0.39, 0.29) is 13.2 Å². The maximum Gasteiger partial charge on any atom is 0.146 e. The molecule has 0 aliphatic heterocycles. The Bertz CT molecular complexity index is 813. The van der Waals surface area contributed by atoms with E-state index in [4.69, 9.17) is 0 Å². The van der Waals surface area contributed by atoms with Crippen LogP contribution in [0.5, 0.6) is 0 Å². The van der Waals surface area contributed by atoms with Crippen molar-refractivity contribution in [2.75, 3.05) is 0 Å². The molecule has 2 N–H and O–H groups in total. The summed E-state index contributed by atoms with van der Waals surface area (Å²) in [6.45, 7) is 27.5. The number of hydrogen-bond donors (Lipinski definition) is 2. The molecule has 0 heterocycles. The van der Waals surface area contributed by atoms with E-state index in [0.717, 1.165) is 22.3 Å². The highest BCUT2D eigenvalue weighted by Crippen LogP contribution is 2.42. The lowest BCUT2D eigenvalue weighted by molar-refractivity contribution is 0.277. The topological polar surface area (TPSA) is 40.5 Å². The average Bonchev–Trinajstić information content (AvgIpc) is 2.73. The van der Waals surface area contributed by atoms with Crippen LogP contribution in [-0.2, 0) is 13.2 Å². The second kappa shape index (κ2) is 12.6. The van der Waals surface area contributed by atoms with E-state index in [1.54, 1.807) is 0 Å². The zero-order valence-electron chi connectivity index (χ0n) is 23.9. The van der Waals surface area contributed by atoms with Gasteiger partial charge in [0.1, 0.15) is 16.1 Å². The number of rotatable bonds is 8. The highest BCUT2D eigenvalue weighted by atomic mass is 28.3. The van der Waals surface area contributed by atoms with Crippen LogP contribution in [0.4, 0.5) is 0 Å². The third kappa shape index (κ3) is 6.08. The fraction of sp³-hybridized carbons (Fsp3) is 0.667. The molecule has 190 valence electrons. The number of aliphatic hydroxyl groups is 2. The normalized spacial score (nSPS) is 12.6. The molecular formula is C30H50O2Si2. The van der Waals surface area contributed by atoms with Crippen molar-refractivity contribution < 1.29 is 10.2 Å². The molecule has 0 aliphatic rings. The van der Waals surface area contributed by atoms with Gasteiger partial charge in [0.25, 0.3) is 0 Å². The molecule has 34 heavy (non-hydrogen) atoms. The van der Waals surface area contributed by atoms with Gasteiger partial charge in [-0.05, 0) is 56.5 Å². The summed E-state index contributed by atoms with van der Waals surface area (Å²) in [5.41, 5.74) is 14.0. The number of hydrogen-bond acceptors (Lipinski definition) is 2. The van der Waals surface area contributed by atoms with Crippen molar-refractivity contribution in [3.05, 3.63) is 34.4 Å². The van der Waals surface area contributed by atoms with Crippen molar-refractivity contribution in [3.63, 3.8) is 0 Å². The monoisotopic (exact) mass is 498 g/mol. The molecule has 0 bridgehead atoms. The molecule has 1 aromatic carbocycles. The van der Waals surface area contributed by atoms with E-state index in [9.17, 15) is 10.2 Å². The molecule has 0 fully saturated rings. The molecule has 1 rings (SSSR count). The predicted molar refractivity (Wildman–Crippen MR) is 154 cm³/mol. The second-order valence-electron chi connectivity index (χ2n) is 11.8. The lowest BCUT2D eigenvalue weighted by Crippen LogP contribution is -2.43. The third-order valence-electron chi connectivity index (χ3n) is 8.23. The molecule has 0 aliphatic carbocycles. The van der Waals surface area contributed by atoms with Gasteiger partial charge in [-0.25, -0.2) is 0 Å². The summed E-state index contributed by atoms with van der Waals surface area (Å²) in [6, 6.07) is 3.93. The average molecular weight is 499 g/mol. The van der Waals surface area contributed by atoms with Crippen LogP contribution >= 0.6 is 0 Å². The quantitative estimate of drug-likeness (QED) is 0.283. The highest BCUT2D eigenvalue weighted by molar-refractivity contribution is 6.91. The van der Waals surface area contributed by atoms with Gasteiger partial charge in [-0.2, -0.15) is 0 Å². The molecule has 2 nitrogen and oxygen atoms in total. The summed E-state index contributed by atoms with van der Waals surface area (Å²) in [7, 11) is -3.79. The molecule has 0 saturated carbocycles. The Labute approximate surface area is 213 Å². The maximum absolute atomic E-state index is 10.2. The second-order valence-corrected chi connectivity index (χ2v) is 22.9. The fourth-order valence-electron chi connectivity index (χ4n) is 6.40. The van der Waals surface area contributed by atoms with Gasteiger partial charge in [0.2, 0.25) is 0 Å². The van der Waals surface area contributed by atoms with Crippen molar-refractivity contribution in [1.29, 1.82) is 0 Å². The molecule has 4 heteroatoms. The van der Waals surface area contributed by atoms with Crippen molar-refractivity contribution >= 4 is 16.1 Å². The molecule has 0 saturated heterocycles. The van der Waals surface area contributed by atoms with Gasteiger partial charge in [0, 0.05) is 11.1 Å². The van der Waals surface area contributed by atoms with E-state index >= 15 is 0 Å². The first kappa shape index (κ1) is 30.7. The molecule has 1 aromatic rings. The smallest absolute Gasteiger partial charge is 0.146 e. The molecule has 0 amide bonds. The molecule has 0 unspecified atom stereocenters. The van der Waals surface area contributed by atoms with Gasteiger partial charge in [0.05, 0.1) is 13.2 Å². The summed E-state index contributed by atoms with van der Waals surface area (Å²) in [5, 5.41) is 20.4. The first-order valence-electron chi connectivity index (χ1n) is 13.2. The Morgan fingerprint density at radius 3 is 0.941 bits per heavy atom. The van der Waals surface area contributed by atoms with E-state index in [1.807, 2.05) is 12.1 Å². The van der Waals surface area contributed by atoms with Crippen LogP contribution < -0.4 is 0 Å². The SMILES string of the molecule is CC(C)[Si](C#Cc1cc(CO)c(C#C[Si](C(C)C)(C(C)C)C(C)C)cc1CO)(C(C)C)C(C)C. The Hall–Kier alpha value is -1.31. The maximum atomic E-state index is 10.2. The fourth-order valence-corrected chi connectivity index (χ4v) is 16.8. The standard InChI is InChI=1S/C30H50O2Si2/c1-21(2)33(22(3)4,23(5)6)15-13-27-17-30(20-32)28(18-29(27)19-31)14-16-34(24(7)8,25(9)10)26(11)12/h17-18,21-26,31-32H,19-20H2,1-12H3. The van der Waals surface area contributed by atoms with E-state index in [2.05, 4.69) is 106 Å². The summed E-state index contributed by atoms with van der Waals surface area (Å²) in [6.07, 6.45) is 0. The lowest BCUT2D eigenvalue weighted by atomic mass is 9.99. The molecule has 0 atom stereocenters. The van der Waals surface area contributed by atoms with Crippen molar-refractivity contribution in [1.82, 2.24) is 0 Å². The molecule has 0 radical (unpaired) electrons. The minimum Gasteiger partial charge on any atom is -0.392 e. The minimum atomic E-state index is -1.89. The summed E-state index contributed by atoms with van der Waals surface area (Å²) in [5.74, 6) is 6.96. The van der Waals surface area contributed by atoms with Crippen molar-refractivity contribution in [2.24, 2.45) is 0 Å². The summed E-state index contributed by atoms with van der Waals surface area (Å²) < 4.78 is 0. The molecular weight excluding hydrogens is 449 g/mol. The predicted octanol–water partition coefficient (Wildman–Crippen LogP) is 7.81. The first-order valence-corrected chi connectivity index (χ1v) is 17.6. The van der Waals surface area contributed by atoms with E-state index in [1.165, 1.54) is 0 Å². The van der Waals surface area contributed by atoms with Gasteiger partial charge < -0.3 is 10.2 Å². The number of benzene rings is 1. The largest absolute Gasteiger partial charge is 0.392 e. The van der Waals surface area contributed by atoms with Gasteiger partial charge in [-0.3, -0.25) is 0 Å². The highest BCUT2D eigenvalue weighted by Gasteiger charge is 2.42. The van der Waals surface area contributed by atoms with Crippen LogP contribution in [0.15, 0.2) is 12.1 Å². The molecule has 0 spiro atoms. The van der Waals surface area contributed by atoms with Gasteiger partial charge in [0.15, 0.2) is 0 Å². The van der Waals surface area contributed by atoms with Crippen LogP contribution in [0.2, 0.25) is 33.2 Å². The van der Waals surface area contributed by atoms with Crippen molar-refractivity contribution in [2.45, 2.75) is 130 Å². The Morgan fingerprint density at radius 1 is 0.529 bits per heavy atom. The molecule has 0 aromatic heterocycles. The number of aliphatic hydroxyl groups excluding tert-OH is 2. The lowest BCUT2D eigenvalue weighted by Gasteiger charge is -2.38. The summed E-state index contributed by atoms with van der Waals surface area (Å²) in [4.78, 5) is 0. The van der Waals surface area contributed by atoms with Crippen LogP contribution in [-0.4, -0.2) is 26.4 Å². The Balaban J connectivity index is 3.74. The zero-order chi connectivity index (χ0) is 26.4. The Morgan fingerprint density at radius 2 is 0.765 bits per heavy atom. The minimum absolute atomic E-state index is 0.0783. The zero-order valence-corrected chi connectivity index (χ0v) is 25.9. The first-order chi connectivity index (χ1) is 15.7. The van der Waals surface area contributed by atoms with Crippen LogP contribution in [0.3, 0.4) is 0 Å².